The van der Waals surface area contributed by atoms with Crippen LogP contribution in [0.5, 0.6) is 0 Å². The maximum absolute atomic E-state index is 4.89. The van der Waals surface area contributed by atoms with E-state index >= 15 is 0 Å². The molecule has 0 fully saturated rings. The molecule has 1 aromatic heterocycles. The van der Waals surface area contributed by atoms with Crippen LogP contribution >= 0.6 is 0 Å². The number of rotatable bonds is 0. The van der Waals surface area contributed by atoms with Gasteiger partial charge < -0.3 is 4.42 Å². The van der Waals surface area contributed by atoms with Crippen molar-refractivity contribution in [1.82, 2.24) is 0 Å². The van der Waals surface area contributed by atoms with Crippen molar-refractivity contribution in [3.05, 3.63) is 36.3 Å². The standard InChI is InChI=1S/C9H7O/c1-7-2-3-8-5-10-6-9(8)4-7/h2-5H,1H3. The van der Waals surface area contributed by atoms with Crippen LogP contribution in [-0.4, -0.2) is 0 Å². The molecule has 0 bridgehead atoms. The van der Waals surface area contributed by atoms with Crippen LogP contribution in [0.1, 0.15) is 5.56 Å². The highest BCUT2D eigenvalue weighted by molar-refractivity contribution is 5.80. The molecule has 0 saturated carbocycles. The van der Waals surface area contributed by atoms with Crippen molar-refractivity contribution in [2.45, 2.75) is 6.92 Å². The summed E-state index contributed by atoms with van der Waals surface area (Å²) in [5, 5.41) is 2.17. The Bertz CT molecular complexity index is 346. The second kappa shape index (κ2) is 1.87. The quantitative estimate of drug-likeness (QED) is 0.535. The summed E-state index contributed by atoms with van der Waals surface area (Å²) in [5.41, 5.74) is 1.24. The molecule has 0 aliphatic carbocycles. The Morgan fingerprint density at radius 1 is 1.40 bits per heavy atom. The van der Waals surface area contributed by atoms with E-state index in [9.17, 15) is 0 Å². The zero-order chi connectivity index (χ0) is 6.97. The largest absolute Gasteiger partial charge is 0.460 e. The third-order valence-corrected chi connectivity index (χ3v) is 1.56. The molecule has 2 rings (SSSR count). The van der Waals surface area contributed by atoms with Crippen molar-refractivity contribution in [1.29, 1.82) is 0 Å². The fourth-order valence-electron chi connectivity index (χ4n) is 1.02. The lowest BCUT2D eigenvalue weighted by Gasteiger charge is -1.88. The highest BCUT2D eigenvalue weighted by Crippen LogP contribution is 2.15. The van der Waals surface area contributed by atoms with E-state index in [0.29, 0.717) is 0 Å². The van der Waals surface area contributed by atoms with Crippen molar-refractivity contribution < 1.29 is 4.42 Å². The Balaban J connectivity index is 2.86. The van der Waals surface area contributed by atoms with Crippen LogP contribution in [0.3, 0.4) is 0 Å². The molecule has 0 spiro atoms. The van der Waals surface area contributed by atoms with Gasteiger partial charge in [0.05, 0.1) is 6.26 Å². The first kappa shape index (κ1) is 5.54. The molecule has 0 aliphatic heterocycles. The van der Waals surface area contributed by atoms with Crippen LogP contribution in [0.2, 0.25) is 0 Å². The Labute approximate surface area is 59.3 Å². The van der Waals surface area contributed by atoms with E-state index in [0.717, 1.165) is 10.8 Å². The molecule has 1 heterocycles. The fourth-order valence-corrected chi connectivity index (χ4v) is 1.02. The van der Waals surface area contributed by atoms with E-state index in [4.69, 9.17) is 4.42 Å². The smallest absolute Gasteiger partial charge is 0.177 e. The van der Waals surface area contributed by atoms with Crippen molar-refractivity contribution in [3.8, 4) is 0 Å². The lowest BCUT2D eigenvalue weighted by Crippen LogP contribution is -1.68. The van der Waals surface area contributed by atoms with Crippen LogP contribution in [0, 0.1) is 13.2 Å². The number of aryl methyl sites for hydroxylation is 1. The number of hydrogen-bond donors (Lipinski definition) is 0. The first-order chi connectivity index (χ1) is 4.86. The number of fused-ring (bicyclic) bond motifs is 1. The summed E-state index contributed by atoms with van der Waals surface area (Å²) in [5.74, 6) is 0. The maximum atomic E-state index is 4.89. The van der Waals surface area contributed by atoms with Crippen LogP contribution < -0.4 is 0 Å². The average molecular weight is 131 g/mol. The molecule has 0 amide bonds. The minimum atomic E-state index is 1.06. The summed E-state index contributed by atoms with van der Waals surface area (Å²) in [4.78, 5) is 0. The summed E-state index contributed by atoms with van der Waals surface area (Å²) in [6, 6.07) is 6.15. The molecular formula is C9H7O. The predicted octanol–water partition coefficient (Wildman–Crippen LogP) is 2.54. The summed E-state index contributed by atoms with van der Waals surface area (Å²) in [6.07, 6.45) is 4.49. The Morgan fingerprint density at radius 3 is 3.20 bits per heavy atom. The molecule has 1 nitrogen and oxygen atoms in total. The summed E-state index contributed by atoms with van der Waals surface area (Å²) in [6.45, 7) is 2.06. The number of furan rings is 1. The highest BCUT2D eigenvalue weighted by atomic mass is 16.3. The number of hydrogen-bond acceptors (Lipinski definition) is 1. The van der Waals surface area contributed by atoms with Crippen LogP contribution in [0.15, 0.2) is 28.9 Å². The third kappa shape index (κ3) is 0.711. The van der Waals surface area contributed by atoms with Gasteiger partial charge in [0.15, 0.2) is 6.26 Å². The van der Waals surface area contributed by atoms with E-state index in [1.807, 2.05) is 6.07 Å². The molecule has 1 radical (unpaired) electrons. The molecule has 2 aromatic rings. The Morgan fingerprint density at radius 2 is 2.30 bits per heavy atom. The summed E-state index contributed by atoms with van der Waals surface area (Å²) in [7, 11) is 0. The molecule has 0 saturated heterocycles. The number of benzene rings is 1. The van der Waals surface area contributed by atoms with Gasteiger partial charge in [-0.15, -0.1) is 0 Å². The highest BCUT2D eigenvalue weighted by Gasteiger charge is 1.94. The minimum Gasteiger partial charge on any atom is -0.460 e. The van der Waals surface area contributed by atoms with Gasteiger partial charge >= 0.3 is 0 Å². The van der Waals surface area contributed by atoms with Gasteiger partial charge in [0.2, 0.25) is 0 Å². The second-order valence-corrected chi connectivity index (χ2v) is 2.43. The predicted molar refractivity (Wildman–Crippen MR) is 39.8 cm³/mol. The fraction of sp³-hybridized carbons (Fsp3) is 0.111. The molecule has 10 heavy (non-hydrogen) atoms. The van der Waals surface area contributed by atoms with Gasteiger partial charge in [0.1, 0.15) is 0 Å². The van der Waals surface area contributed by atoms with Crippen molar-refractivity contribution >= 4 is 10.8 Å². The average Bonchev–Trinajstić information content (AvgIpc) is 2.33. The minimum absolute atomic E-state index is 1.06. The lowest BCUT2D eigenvalue weighted by molar-refractivity contribution is 0.563. The third-order valence-electron chi connectivity index (χ3n) is 1.56. The van der Waals surface area contributed by atoms with Crippen LogP contribution in [0.4, 0.5) is 0 Å². The molecule has 0 N–H and O–H groups in total. The van der Waals surface area contributed by atoms with Crippen LogP contribution in [0.25, 0.3) is 10.8 Å². The second-order valence-electron chi connectivity index (χ2n) is 2.43. The normalized spacial score (nSPS) is 10.5. The first-order valence-electron chi connectivity index (χ1n) is 3.22. The molecule has 49 valence electrons. The van der Waals surface area contributed by atoms with Crippen molar-refractivity contribution in [2.75, 3.05) is 0 Å². The van der Waals surface area contributed by atoms with Crippen LogP contribution in [-0.2, 0) is 0 Å². The van der Waals surface area contributed by atoms with Gasteiger partial charge in [-0.1, -0.05) is 17.7 Å². The molecule has 0 aliphatic rings. The van der Waals surface area contributed by atoms with E-state index in [2.05, 4.69) is 25.3 Å². The molecule has 1 heteroatoms. The molecule has 1 aromatic carbocycles. The van der Waals surface area contributed by atoms with Gasteiger partial charge in [0, 0.05) is 10.8 Å². The Hall–Kier alpha value is -1.24. The Kier molecular flexibility index (Phi) is 1.04. The van der Waals surface area contributed by atoms with Gasteiger partial charge in [-0.2, -0.15) is 0 Å². The molecule has 0 unspecified atom stereocenters. The van der Waals surface area contributed by atoms with E-state index in [-0.39, 0.29) is 0 Å². The van der Waals surface area contributed by atoms with Gasteiger partial charge in [0.25, 0.3) is 0 Å². The summed E-state index contributed by atoms with van der Waals surface area (Å²) < 4.78 is 4.89. The van der Waals surface area contributed by atoms with Gasteiger partial charge in [-0.25, -0.2) is 0 Å². The summed E-state index contributed by atoms with van der Waals surface area (Å²) >= 11 is 0. The van der Waals surface area contributed by atoms with E-state index in [1.54, 1.807) is 6.26 Å². The zero-order valence-electron chi connectivity index (χ0n) is 5.72. The zero-order valence-corrected chi connectivity index (χ0v) is 5.72. The maximum Gasteiger partial charge on any atom is 0.177 e. The van der Waals surface area contributed by atoms with Crippen molar-refractivity contribution in [3.63, 3.8) is 0 Å². The first-order valence-corrected chi connectivity index (χ1v) is 3.22. The molecular weight excluding hydrogens is 124 g/mol. The van der Waals surface area contributed by atoms with Gasteiger partial charge in [-0.3, -0.25) is 0 Å². The van der Waals surface area contributed by atoms with Gasteiger partial charge in [-0.05, 0) is 13.0 Å². The SMILES string of the molecule is Cc1ccc2co[c]c2c1. The van der Waals surface area contributed by atoms with Crippen molar-refractivity contribution in [2.24, 2.45) is 0 Å². The molecule has 0 atom stereocenters. The lowest BCUT2D eigenvalue weighted by atomic mass is 10.1. The topological polar surface area (TPSA) is 13.1 Å². The van der Waals surface area contributed by atoms with E-state index < -0.39 is 0 Å². The monoisotopic (exact) mass is 131 g/mol. The van der Waals surface area contributed by atoms with E-state index in [1.165, 1.54) is 5.56 Å².